The fourth-order valence-electron chi connectivity index (χ4n) is 2.91. The van der Waals surface area contributed by atoms with E-state index in [0.717, 1.165) is 25.9 Å². The Balaban J connectivity index is 2.25. The summed E-state index contributed by atoms with van der Waals surface area (Å²) >= 11 is 0. The van der Waals surface area contributed by atoms with Crippen molar-refractivity contribution in [2.75, 3.05) is 19.7 Å². The molecule has 116 valence electrons. The molecule has 1 N–H and O–H groups in total. The number of aryl methyl sites for hydroxylation is 1. The summed E-state index contributed by atoms with van der Waals surface area (Å²) in [5, 5.41) is 0. The van der Waals surface area contributed by atoms with Gasteiger partial charge in [-0.1, -0.05) is 12.8 Å². The summed E-state index contributed by atoms with van der Waals surface area (Å²) in [6.07, 6.45) is 4.46. The number of esters is 1. The number of amides is 1. The van der Waals surface area contributed by atoms with Gasteiger partial charge < -0.3 is 14.6 Å². The van der Waals surface area contributed by atoms with Gasteiger partial charge in [-0.15, -0.1) is 0 Å². The van der Waals surface area contributed by atoms with Gasteiger partial charge in [0.1, 0.15) is 5.69 Å². The second kappa shape index (κ2) is 6.78. The second-order valence-electron chi connectivity index (χ2n) is 5.55. The van der Waals surface area contributed by atoms with Crippen LogP contribution in [0.15, 0.2) is 0 Å². The van der Waals surface area contributed by atoms with Crippen molar-refractivity contribution in [1.82, 2.24) is 9.88 Å². The molecule has 1 fully saturated rings. The number of nitrogens with zero attached hydrogens (tertiary/aromatic N) is 1. The van der Waals surface area contributed by atoms with Gasteiger partial charge in [0, 0.05) is 18.8 Å². The first-order valence-corrected chi connectivity index (χ1v) is 7.71. The molecule has 21 heavy (non-hydrogen) atoms. The fraction of sp³-hybridized carbons (Fsp3) is 0.625. The SMILES string of the molecule is CCOC(=O)c1c(C)[nH]c(C(=O)N2CCCCCC2)c1C. The molecule has 1 aliphatic heterocycles. The number of ether oxygens (including phenoxy) is 1. The van der Waals surface area contributed by atoms with Crippen LogP contribution in [0.2, 0.25) is 0 Å². The molecule has 0 spiro atoms. The third kappa shape index (κ3) is 3.28. The van der Waals surface area contributed by atoms with Crippen molar-refractivity contribution < 1.29 is 14.3 Å². The van der Waals surface area contributed by atoms with Crippen LogP contribution in [-0.2, 0) is 4.74 Å². The molecule has 1 aliphatic rings. The summed E-state index contributed by atoms with van der Waals surface area (Å²) in [4.78, 5) is 29.6. The van der Waals surface area contributed by atoms with Gasteiger partial charge in [0.15, 0.2) is 0 Å². The van der Waals surface area contributed by atoms with Crippen LogP contribution in [0.25, 0.3) is 0 Å². The maximum atomic E-state index is 12.7. The molecule has 0 atom stereocenters. The lowest BCUT2D eigenvalue weighted by Crippen LogP contribution is -2.32. The van der Waals surface area contributed by atoms with E-state index in [4.69, 9.17) is 4.74 Å². The van der Waals surface area contributed by atoms with E-state index in [1.807, 2.05) is 4.90 Å². The minimum Gasteiger partial charge on any atom is -0.462 e. The minimum atomic E-state index is -0.362. The molecule has 1 aromatic heterocycles. The molecule has 5 heteroatoms. The lowest BCUT2D eigenvalue weighted by Gasteiger charge is -2.20. The Morgan fingerprint density at radius 3 is 2.33 bits per heavy atom. The molecule has 1 saturated heterocycles. The van der Waals surface area contributed by atoms with Gasteiger partial charge in [-0.3, -0.25) is 4.79 Å². The molecule has 1 aromatic rings. The van der Waals surface area contributed by atoms with Crippen molar-refractivity contribution in [3.8, 4) is 0 Å². The minimum absolute atomic E-state index is 0.00644. The molecule has 0 aliphatic carbocycles. The summed E-state index contributed by atoms with van der Waals surface area (Å²) in [6.45, 7) is 7.31. The second-order valence-corrected chi connectivity index (χ2v) is 5.55. The number of rotatable bonds is 3. The molecule has 0 unspecified atom stereocenters. The standard InChI is InChI=1S/C16H24N2O3/c1-4-21-16(20)13-11(2)14(17-12(13)3)15(19)18-9-7-5-6-8-10-18/h17H,4-10H2,1-3H3. The number of hydrogen-bond acceptors (Lipinski definition) is 3. The number of carbonyl (C=O) groups excluding carboxylic acids is 2. The number of aromatic nitrogens is 1. The Kier molecular flexibility index (Phi) is 5.04. The van der Waals surface area contributed by atoms with Crippen LogP contribution in [-0.4, -0.2) is 41.5 Å². The summed E-state index contributed by atoms with van der Waals surface area (Å²) < 4.78 is 5.06. The first-order chi connectivity index (χ1) is 10.1. The lowest BCUT2D eigenvalue weighted by molar-refractivity contribution is 0.0525. The van der Waals surface area contributed by atoms with E-state index >= 15 is 0 Å². The van der Waals surface area contributed by atoms with Crippen molar-refractivity contribution in [2.24, 2.45) is 0 Å². The number of likely N-dealkylation sites (tertiary alicyclic amines) is 1. The summed E-state index contributed by atoms with van der Waals surface area (Å²) in [5.41, 5.74) is 2.41. The highest BCUT2D eigenvalue weighted by molar-refractivity contribution is 6.00. The van der Waals surface area contributed by atoms with Gasteiger partial charge in [0.2, 0.25) is 0 Å². The highest BCUT2D eigenvalue weighted by Gasteiger charge is 2.26. The van der Waals surface area contributed by atoms with E-state index in [1.165, 1.54) is 12.8 Å². The van der Waals surface area contributed by atoms with Crippen LogP contribution in [0.1, 0.15) is 64.7 Å². The smallest absolute Gasteiger partial charge is 0.340 e. The van der Waals surface area contributed by atoms with E-state index < -0.39 is 0 Å². The lowest BCUT2D eigenvalue weighted by atomic mass is 10.1. The molecule has 5 nitrogen and oxygen atoms in total. The molecular formula is C16H24N2O3. The zero-order valence-corrected chi connectivity index (χ0v) is 13.1. The molecule has 2 rings (SSSR count). The van der Waals surface area contributed by atoms with E-state index in [9.17, 15) is 9.59 Å². The number of hydrogen-bond donors (Lipinski definition) is 1. The van der Waals surface area contributed by atoms with Gasteiger partial charge >= 0.3 is 5.97 Å². The Morgan fingerprint density at radius 2 is 1.76 bits per heavy atom. The van der Waals surface area contributed by atoms with Gasteiger partial charge in [-0.25, -0.2) is 4.79 Å². The van der Waals surface area contributed by atoms with Crippen molar-refractivity contribution in [3.63, 3.8) is 0 Å². The van der Waals surface area contributed by atoms with Crippen LogP contribution in [0.4, 0.5) is 0 Å². The molecule has 1 amide bonds. The topological polar surface area (TPSA) is 62.4 Å². The predicted octanol–water partition coefficient (Wildman–Crippen LogP) is 2.82. The molecule has 0 radical (unpaired) electrons. The zero-order chi connectivity index (χ0) is 15.4. The van der Waals surface area contributed by atoms with Crippen molar-refractivity contribution >= 4 is 11.9 Å². The zero-order valence-electron chi connectivity index (χ0n) is 13.1. The van der Waals surface area contributed by atoms with Crippen LogP contribution < -0.4 is 0 Å². The number of carbonyl (C=O) groups is 2. The summed E-state index contributed by atoms with van der Waals surface area (Å²) in [5.74, 6) is -0.369. The third-order valence-electron chi connectivity index (χ3n) is 4.02. The van der Waals surface area contributed by atoms with Gasteiger partial charge in [0.05, 0.1) is 12.2 Å². The Labute approximate surface area is 125 Å². The van der Waals surface area contributed by atoms with Gasteiger partial charge in [-0.05, 0) is 39.2 Å². The largest absolute Gasteiger partial charge is 0.462 e. The van der Waals surface area contributed by atoms with Crippen LogP contribution >= 0.6 is 0 Å². The quantitative estimate of drug-likeness (QED) is 0.871. The van der Waals surface area contributed by atoms with Crippen LogP contribution in [0, 0.1) is 13.8 Å². The first-order valence-electron chi connectivity index (χ1n) is 7.71. The molecular weight excluding hydrogens is 268 g/mol. The highest BCUT2D eigenvalue weighted by atomic mass is 16.5. The van der Waals surface area contributed by atoms with Crippen LogP contribution in [0.3, 0.4) is 0 Å². The normalized spacial score (nSPS) is 15.7. The van der Waals surface area contributed by atoms with Crippen LogP contribution in [0.5, 0.6) is 0 Å². The number of aromatic amines is 1. The Bertz CT molecular complexity index is 526. The van der Waals surface area contributed by atoms with Crippen molar-refractivity contribution in [1.29, 1.82) is 0 Å². The van der Waals surface area contributed by atoms with Crippen molar-refractivity contribution in [2.45, 2.75) is 46.5 Å². The fourth-order valence-corrected chi connectivity index (χ4v) is 2.91. The van der Waals surface area contributed by atoms with E-state index in [-0.39, 0.29) is 11.9 Å². The summed E-state index contributed by atoms with van der Waals surface area (Å²) in [7, 11) is 0. The van der Waals surface area contributed by atoms with Gasteiger partial charge in [-0.2, -0.15) is 0 Å². The number of H-pyrrole nitrogens is 1. The van der Waals surface area contributed by atoms with E-state index in [1.54, 1.807) is 20.8 Å². The predicted molar refractivity (Wildman–Crippen MR) is 80.6 cm³/mol. The summed E-state index contributed by atoms with van der Waals surface area (Å²) in [6, 6.07) is 0. The monoisotopic (exact) mass is 292 g/mol. The van der Waals surface area contributed by atoms with E-state index in [0.29, 0.717) is 29.1 Å². The average Bonchev–Trinajstić information content (AvgIpc) is 2.65. The van der Waals surface area contributed by atoms with E-state index in [2.05, 4.69) is 4.98 Å². The Morgan fingerprint density at radius 1 is 1.14 bits per heavy atom. The van der Waals surface area contributed by atoms with Crippen molar-refractivity contribution in [3.05, 3.63) is 22.5 Å². The molecule has 2 heterocycles. The average molecular weight is 292 g/mol. The third-order valence-corrected chi connectivity index (χ3v) is 4.02. The Hall–Kier alpha value is -1.78. The molecule has 0 aromatic carbocycles. The maximum absolute atomic E-state index is 12.7. The number of nitrogens with one attached hydrogen (secondary N) is 1. The maximum Gasteiger partial charge on any atom is 0.340 e. The molecule has 0 bridgehead atoms. The highest BCUT2D eigenvalue weighted by Crippen LogP contribution is 2.21. The van der Waals surface area contributed by atoms with Gasteiger partial charge in [0.25, 0.3) is 5.91 Å². The molecule has 0 saturated carbocycles. The first kappa shape index (κ1) is 15.6.